The molecule has 21 heavy (non-hydrogen) atoms. The third kappa shape index (κ3) is 3.46. The van der Waals surface area contributed by atoms with E-state index < -0.39 is 5.54 Å². The summed E-state index contributed by atoms with van der Waals surface area (Å²) in [7, 11) is 0. The van der Waals surface area contributed by atoms with Crippen LogP contribution in [0.15, 0.2) is 30.3 Å². The molecule has 2 N–H and O–H groups in total. The molecule has 0 aliphatic rings. The van der Waals surface area contributed by atoms with Crippen molar-refractivity contribution in [1.29, 1.82) is 0 Å². The number of aliphatic hydroxyl groups is 1. The van der Waals surface area contributed by atoms with E-state index in [4.69, 9.17) is 0 Å². The molecule has 0 aliphatic heterocycles. The molecule has 0 unspecified atom stereocenters. The molecular weight excluding hydrogens is 273 g/mol. The number of nitrogens with zero attached hydrogens (tertiary/aromatic N) is 2. The van der Waals surface area contributed by atoms with E-state index in [0.717, 1.165) is 5.69 Å². The Balaban J connectivity index is 2.27. The molecule has 0 saturated heterocycles. The van der Waals surface area contributed by atoms with Crippen LogP contribution < -0.4 is 5.32 Å². The molecular formula is C15H18FN3O2. The highest BCUT2D eigenvalue weighted by Crippen LogP contribution is 2.13. The van der Waals surface area contributed by atoms with Crippen LogP contribution in [0.25, 0.3) is 5.69 Å². The van der Waals surface area contributed by atoms with Crippen LogP contribution in [0.4, 0.5) is 4.39 Å². The first-order chi connectivity index (χ1) is 9.82. The highest BCUT2D eigenvalue weighted by molar-refractivity contribution is 5.92. The van der Waals surface area contributed by atoms with Gasteiger partial charge in [0, 0.05) is 5.69 Å². The van der Waals surface area contributed by atoms with E-state index in [0.29, 0.717) is 5.69 Å². The van der Waals surface area contributed by atoms with Gasteiger partial charge >= 0.3 is 0 Å². The first-order valence-corrected chi connectivity index (χ1v) is 6.58. The first-order valence-electron chi connectivity index (χ1n) is 6.58. The number of hydrogen-bond acceptors (Lipinski definition) is 3. The van der Waals surface area contributed by atoms with E-state index in [1.54, 1.807) is 36.7 Å². The van der Waals surface area contributed by atoms with E-state index >= 15 is 0 Å². The van der Waals surface area contributed by atoms with Crippen molar-refractivity contribution in [3.8, 4) is 5.69 Å². The van der Waals surface area contributed by atoms with E-state index in [-0.39, 0.29) is 24.0 Å². The predicted octanol–water partition coefficient (Wildman–Crippen LogP) is 1.82. The van der Waals surface area contributed by atoms with Gasteiger partial charge in [-0.1, -0.05) is 0 Å². The number of halogens is 1. The fourth-order valence-corrected chi connectivity index (χ4v) is 1.84. The lowest BCUT2D eigenvalue weighted by molar-refractivity contribution is 0.0864. The second kappa shape index (κ2) is 5.65. The van der Waals surface area contributed by atoms with Gasteiger partial charge in [0.25, 0.3) is 5.91 Å². The molecule has 0 aliphatic carbocycles. The minimum atomic E-state index is -0.718. The van der Waals surface area contributed by atoms with Gasteiger partial charge in [-0.05, 0) is 51.1 Å². The SMILES string of the molecule is Cc1cc(C(=O)NC(C)(C)CO)nn1-c1ccc(F)cc1. The lowest BCUT2D eigenvalue weighted by Crippen LogP contribution is -2.46. The maximum Gasteiger partial charge on any atom is 0.272 e. The predicted molar refractivity (Wildman–Crippen MR) is 76.9 cm³/mol. The van der Waals surface area contributed by atoms with Crippen LogP contribution in [-0.2, 0) is 0 Å². The van der Waals surface area contributed by atoms with E-state index in [1.807, 2.05) is 6.92 Å². The number of benzene rings is 1. The molecule has 2 aromatic rings. The van der Waals surface area contributed by atoms with Crippen LogP contribution in [0.1, 0.15) is 30.0 Å². The lowest BCUT2D eigenvalue weighted by Gasteiger charge is -2.22. The van der Waals surface area contributed by atoms with E-state index in [9.17, 15) is 14.3 Å². The van der Waals surface area contributed by atoms with Gasteiger partial charge in [0.2, 0.25) is 0 Å². The molecule has 0 spiro atoms. The molecule has 1 heterocycles. The van der Waals surface area contributed by atoms with Crippen molar-refractivity contribution in [1.82, 2.24) is 15.1 Å². The molecule has 1 aromatic carbocycles. The van der Waals surface area contributed by atoms with Gasteiger partial charge in [0.1, 0.15) is 5.82 Å². The zero-order valence-electron chi connectivity index (χ0n) is 12.2. The van der Waals surface area contributed by atoms with E-state index in [1.165, 1.54) is 12.1 Å². The summed E-state index contributed by atoms with van der Waals surface area (Å²) in [5, 5.41) is 16.1. The summed E-state index contributed by atoms with van der Waals surface area (Å²) < 4.78 is 14.5. The molecule has 0 radical (unpaired) electrons. The average molecular weight is 291 g/mol. The minimum Gasteiger partial charge on any atom is -0.394 e. The summed E-state index contributed by atoms with van der Waals surface area (Å²) in [6.45, 7) is 5.07. The van der Waals surface area contributed by atoms with Gasteiger partial charge in [-0.25, -0.2) is 9.07 Å². The number of amides is 1. The van der Waals surface area contributed by atoms with Crippen molar-refractivity contribution < 1.29 is 14.3 Å². The third-order valence-corrected chi connectivity index (χ3v) is 3.04. The topological polar surface area (TPSA) is 67.2 Å². The second-order valence-electron chi connectivity index (χ2n) is 5.56. The number of carbonyl (C=O) groups is 1. The first kappa shape index (κ1) is 15.2. The standard InChI is InChI=1S/C15H18FN3O2/c1-10-8-13(14(21)17-15(2,3)9-20)18-19(10)12-6-4-11(16)5-7-12/h4-8,20H,9H2,1-3H3,(H,17,21). The number of rotatable bonds is 4. The van der Waals surface area contributed by atoms with Crippen molar-refractivity contribution in [2.24, 2.45) is 0 Å². The van der Waals surface area contributed by atoms with Crippen LogP contribution in [0, 0.1) is 12.7 Å². The number of carbonyl (C=O) groups excluding carboxylic acids is 1. The van der Waals surface area contributed by atoms with Crippen molar-refractivity contribution in [2.75, 3.05) is 6.61 Å². The molecule has 112 valence electrons. The monoisotopic (exact) mass is 291 g/mol. The molecule has 0 atom stereocenters. The number of nitrogens with one attached hydrogen (secondary N) is 1. The van der Waals surface area contributed by atoms with Crippen molar-refractivity contribution in [3.05, 3.63) is 47.5 Å². The second-order valence-corrected chi connectivity index (χ2v) is 5.56. The Bertz CT molecular complexity index is 647. The molecule has 0 fully saturated rings. The largest absolute Gasteiger partial charge is 0.394 e. The Morgan fingerprint density at radius 2 is 2.00 bits per heavy atom. The van der Waals surface area contributed by atoms with Crippen LogP contribution in [0.3, 0.4) is 0 Å². The Kier molecular flexibility index (Phi) is 4.09. The van der Waals surface area contributed by atoms with E-state index in [2.05, 4.69) is 10.4 Å². The third-order valence-electron chi connectivity index (χ3n) is 3.04. The van der Waals surface area contributed by atoms with Gasteiger partial charge in [-0.3, -0.25) is 4.79 Å². The Morgan fingerprint density at radius 3 is 2.57 bits per heavy atom. The minimum absolute atomic E-state index is 0.170. The van der Waals surface area contributed by atoms with Crippen molar-refractivity contribution in [2.45, 2.75) is 26.3 Å². The maximum absolute atomic E-state index is 12.9. The molecule has 2 rings (SSSR count). The quantitative estimate of drug-likeness (QED) is 0.903. The van der Waals surface area contributed by atoms with Crippen LogP contribution in [0.2, 0.25) is 0 Å². The van der Waals surface area contributed by atoms with Gasteiger partial charge < -0.3 is 10.4 Å². The molecule has 5 nitrogen and oxygen atoms in total. The number of aryl methyl sites for hydroxylation is 1. The van der Waals surface area contributed by atoms with Gasteiger partial charge in [-0.15, -0.1) is 0 Å². The van der Waals surface area contributed by atoms with Gasteiger partial charge in [0.15, 0.2) is 5.69 Å². The number of aliphatic hydroxyl groups excluding tert-OH is 1. The summed E-state index contributed by atoms with van der Waals surface area (Å²) in [5.41, 5.74) is 0.964. The molecule has 1 amide bonds. The van der Waals surface area contributed by atoms with Crippen LogP contribution in [-0.4, -0.2) is 32.9 Å². The Morgan fingerprint density at radius 1 is 1.38 bits per heavy atom. The Hall–Kier alpha value is -2.21. The Labute approximate surface area is 122 Å². The normalized spacial score (nSPS) is 11.5. The molecule has 0 saturated carbocycles. The van der Waals surface area contributed by atoms with Gasteiger partial charge in [-0.2, -0.15) is 5.10 Å². The highest BCUT2D eigenvalue weighted by atomic mass is 19.1. The van der Waals surface area contributed by atoms with Gasteiger partial charge in [0.05, 0.1) is 17.8 Å². The number of aromatic nitrogens is 2. The fourth-order valence-electron chi connectivity index (χ4n) is 1.84. The summed E-state index contributed by atoms with van der Waals surface area (Å²) in [4.78, 5) is 12.1. The summed E-state index contributed by atoms with van der Waals surface area (Å²) >= 11 is 0. The average Bonchev–Trinajstić information content (AvgIpc) is 2.81. The van der Waals surface area contributed by atoms with Crippen LogP contribution in [0.5, 0.6) is 0 Å². The molecule has 6 heteroatoms. The maximum atomic E-state index is 12.9. The zero-order chi connectivity index (χ0) is 15.6. The smallest absolute Gasteiger partial charge is 0.272 e. The summed E-state index contributed by atoms with van der Waals surface area (Å²) in [6, 6.07) is 7.51. The number of hydrogen-bond donors (Lipinski definition) is 2. The molecule has 1 aromatic heterocycles. The van der Waals surface area contributed by atoms with Crippen LogP contribution >= 0.6 is 0 Å². The fraction of sp³-hybridized carbons (Fsp3) is 0.333. The summed E-state index contributed by atoms with van der Waals surface area (Å²) in [5.74, 6) is -0.691. The highest BCUT2D eigenvalue weighted by Gasteiger charge is 2.22. The zero-order valence-corrected chi connectivity index (χ0v) is 12.2. The lowest BCUT2D eigenvalue weighted by atomic mass is 10.1. The summed E-state index contributed by atoms with van der Waals surface area (Å²) in [6.07, 6.45) is 0. The molecule has 0 bridgehead atoms. The van der Waals surface area contributed by atoms with Crippen molar-refractivity contribution >= 4 is 5.91 Å². The van der Waals surface area contributed by atoms with Crippen molar-refractivity contribution in [3.63, 3.8) is 0 Å².